The number of anilines is 1. The summed E-state index contributed by atoms with van der Waals surface area (Å²) in [5.74, 6) is 0.395. The number of hydrogen-bond acceptors (Lipinski definition) is 3. The van der Waals surface area contributed by atoms with Crippen LogP contribution in [0, 0.1) is 0 Å². The molecule has 0 saturated heterocycles. The Morgan fingerprint density at radius 1 is 1.14 bits per heavy atom. The molecule has 7 heteroatoms. The molecule has 21 heavy (non-hydrogen) atoms. The van der Waals surface area contributed by atoms with Crippen LogP contribution in [0.3, 0.4) is 0 Å². The number of nitrogens with zero attached hydrogens (tertiary/aromatic N) is 3. The molecule has 2 heterocycles. The SMILES string of the molecule is O=C(Cc1ccc(Cl)c(Cl)c1)Nc1ccnc2ccnn12. The topological polar surface area (TPSA) is 59.3 Å². The van der Waals surface area contributed by atoms with Gasteiger partial charge in [-0.05, 0) is 23.8 Å². The van der Waals surface area contributed by atoms with E-state index >= 15 is 0 Å². The summed E-state index contributed by atoms with van der Waals surface area (Å²) >= 11 is 11.8. The molecule has 0 aliphatic carbocycles. The molecule has 0 saturated carbocycles. The van der Waals surface area contributed by atoms with E-state index < -0.39 is 0 Å². The number of halogens is 2. The molecule has 2 aromatic heterocycles. The van der Waals surface area contributed by atoms with Gasteiger partial charge in [-0.1, -0.05) is 29.3 Å². The molecule has 0 bridgehead atoms. The van der Waals surface area contributed by atoms with Gasteiger partial charge in [-0.25, -0.2) is 4.98 Å². The lowest BCUT2D eigenvalue weighted by Gasteiger charge is -2.07. The predicted molar refractivity (Wildman–Crippen MR) is 81.8 cm³/mol. The van der Waals surface area contributed by atoms with Gasteiger partial charge in [0.1, 0.15) is 5.82 Å². The van der Waals surface area contributed by atoms with Crippen molar-refractivity contribution in [3.05, 3.63) is 58.3 Å². The third-order valence-electron chi connectivity index (χ3n) is 2.91. The molecule has 1 amide bonds. The van der Waals surface area contributed by atoms with Crippen LogP contribution in [0.4, 0.5) is 5.82 Å². The number of aromatic nitrogens is 3. The molecule has 0 unspecified atom stereocenters. The van der Waals surface area contributed by atoms with Crippen molar-refractivity contribution in [2.45, 2.75) is 6.42 Å². The van der Waals surface area contributed by atoms with Gasteiger partial charge in [0.05, 0.1) is 22.7 Å². The Morgan fingerprint density at radius 3 is 2.81 bits per heavy atom. The van der Waals surface area contributed by atoms with Crippen LogP contribution in [0.5, 0.6) is 0 Å². The first kappa shape index (κ1) is 13.9. The summed E-state index contributed by atoms with van der Waals surface area (Å²) in [6.45, 7) is 0. The highest BCUT2D eigenvalue weighted by Gasteiger charge is 2.09. The first-order valence-corrected chi connectivity index (χ1v) is 6.91. The lowest BCUT2D eigenvalue weighted by molar-refractivity contribution is -0.115. The Hall–Kier alpha value is -2.11. The smallest absolute Gasteiger partial charge is 0.229 e. The van der Waals surface area contributed by atoms with Crippen LogP contribution in [0.25, 0.3) is 5.65 Å². The van der Waals surface area contributed by atoms with Crippen molar-refractivity contribution in [3.63, 3.8) is 0 Å². The van der Waals surface area contributed by atoms with E-state index in [0.29, 0.717) is 21.5 Å². The molecular formula is C14H10Cl2N4O. The van der Waals surface area contributed by atoms with E-state index in [2.05, 4.69) is 15.4 Å². The Bertz CT molecular complexity index is 816. The minimum absolute atomic E-state index is 0.170. The van der Waals surface area contributed by atoms with Crippen molar-refractivity contribution >= 4 is 40.6 Å². The summed E-state index contributed by atoms with van der Waals surface area (Å²) in [4.78, 5) is 16.2. The zero-order valence-electron chi connectivity index (χ0n) is 10.8. The average molecular weight is 321 g/mol. The van der Waals surface area contributed by atoms with E-state index in [1.165, 1.54) is 0 Å². The van der Waals surface area contributed by atoms with Crippen LogP contribution < -0.4 is 5.32 Å². The molecule has 0 fully saturated rings. The van der Waals surface area contributed by atoms with Gasteiger partial charge in [0.2, 0.25) is 5.91 Å². The quantitative estimate of drug-likeness (QED) is 0.806. The lowest BCUT2D eigenvalue weighted by atomic mass is 10.1. The highest BCUT2D eigenvalue weighted by molar-refractivity contribution is 6.42. The fourth-order valence-corrected chi connectivity index (χ4v) is 2.27. The van der Waals surface area contributed by atoms with Crippen molar-refractivity contribution in [2.24, 2.45) is 0 Å². The van der Waals surface area contributed by atoms with Crippen molar-refractivity contribution in [3.8, 4) is 0 Å². The average Bonchev–Trinajstić information content (AvgIpc) is 2.92. The second-order valence-electron chi connectivity index (χ2n) is 4.40. The molecule has 0 aliphatic heterocycles. The van der Waals surface area contributed by atoms with Crippen molar-refractivity contribution in [1.29, 1.82) is 0 Å². The minimum Gasteiger partial charge on any atom is -0.310 e. The zero-order valence-corrected chi connectivity index (χ0v) is 12.3. The van der Waals surface area contributed by atoms with E-state index in [1.54, 1.807) is 47.2 Å². The molecule has 106 valence electrons. The number of benzene rings is 1. The van der Waals surface area contributed by atoms with Gasteiger partial charge >= 0.3 is 0 Å². The Kier molecular flexibility index (Phi) is 3.77. The molecule has 0 spiro atoms. The second-order valence-corrected chi connectivity index (χ2v) is 5.22. The predicted octanol–water partition coefficient (Wildman–Crippen LogP) is 3.22. The Balaban J connectivity index is 1.77. The summed E-state index contributed by atoms with van der Waals surface area (Å²) < 4.78 is 1.56. The molecule has 0 radical (unpaired) electrons. The fraction of sp³-hybridized carbons (Fsp3) is 0.0714. The summed E-state index contributed by atoms with van der Waals surface area (Å²) in [6.07, 6.45) is 3.44. The Morgan fingerprint density at radius 2 is 2.00 bits per heavy atom. The van der Waals surface area contributed by atoms with Gasteiger partial charge < -0.3 is 5.32 Å². The second kappa shape index (κ2) is 5.71. The summed E-state index contributed by atoms with van der Waals surface area (Å²) in [6, 6.07) is 8.56. The van der Waals surface area contributed by atoms with E-state index in [-0.39, 0.29) is 12.3 Å². The maximum atomic E-state index is 12.1. The number of rotatable bonds is 3. The van der Waals surface area contributed by atoms with E-state index in [0.717, 1.165) is 5.56 Å². The lowest BCUT2D eigenvalue weighted by Crippen LogP contribution is -2.17. The largest absolute Gasteiger partial charge is 0.310 e. The maximum Gasteiger partial charge on any atom is 0.229 e. The summed E-state index contributed by atoms with van der Waals surface area (Å²) in [7, 11) is 0. The zero-order chi connectivity index (χ0) is 14.8. The van der Waals surface area contributed by atoms with Gasteiger partial charge in [-0.3, -0.25) is 4.79 Å². The van der Waals surface area contributed by atoms with Gasteiger partial charge in [-0.15, -0.1) is 0 Å². The van der Waals surface area contributed by atoms with Crippen LogP contribution in [0.15, 0.2) is 42.7 Å². The molecular weight excluding hydrogens is 311 g/mol. The van der Waals surface area contributed by atoms with Crippen LogP contribution in [0.2, 0.25) is 10.0 Å². The number of nitrogens with one attached hydrogen (secondary N) is 1. The van der Waals surface area contributed by atoms with Gasteiger partial charge in [0.25, 0.3) is 0 Å². The van der Waals surface area contributed by atoms with Crippen LogP contribution in [-0.2, 0) is 11.2 Å². The third kappa shape index (κ3) is 2.99. The standard InChI is InChI=1S/C14H10Cl2N4O/c15-10-2-1-9(7-11(10)16)8-14(21)19-13-3-5-17-12-4-6-18-20(12)13/h1-7H,8H2,(H,19,21). The van der Waals surface area contributed by atoms with Gasteiger partial charge in [0, 0.05) is 12.3 Å². The summed E-state index contributed by atoms with van der Waals surface area (Å²) in [5, 5.41) is 7.80. The molecule has 3 rings (SSSR count). The van der Waals surface area contributed by atoms with Crippen LogP contribution in [0.1, 0.15) is 5.56 Å². The van der Waals surface area contributed by atoms with Gasteiger partial charge in [-0.2, -0.15) is 9.61 Å². The van der Waals surface area contributed by atoms with Gasteiger partial charge in [0.15, 0.2) is 5.65 Å². The van der Waals surface area contributed by atoms with E-state index in [9.17, 15) is 4.79 Å². The third-order valence-corrected chi connectivity index (χ3v) is 3.65. The molecule has 1 N–H and O–H groups in total. The molecule has 0 atom stereocenters. The fourth-order valence-electron chi connectivity index (χ4n) is 1.95. The number of amides is 1. The van der Waals surface area contributed by atoms with E-state index in [4.69, 9.17) is 23.2 Å². The first-order chi connectivity index (χ1) is 10.1. The van der Waals surface area contributed by atoms with Crippen LogP contribution >= 0.6 is 23.2 Å². The van der Waals surface area contributed by atoms with E-state index in [1.807, 2.05) is 0 Å². The number of fused-ring (bicyclic) bond motifs is 1. The molecule has 0 aliphatic rings. The highest BCUT2D eigenvalue weighted by atomic mass is 35.5. The van der Waals surface area contributed by atoms with Crippen molar-refractivity contribution in [1.82, 2.24) is 14.6 Å². The summed E-state index contributed by atoms with van der Waals surface area (Å²) in [5.41, 5.74) is 1.45. The monoisotopic (exact) mass is 320 g/mol. The molecule has 1 aromatic carbocycles. The van der Waals surface area contributed by atoms with Crippen LogP contribution in [-0.4, -0.2) is 20.5 Å². The maximum absolute atomic E-state index is 12.1. The molecule has 3 aromatic rings. The Labute approximate surface area is 130 Å². The number of hydrogen-bond donors (Lipinski definition) is 1. The van der Waals surface area contributed by atoms with Crippen molar-refractivity contribution < 1.29 is 4.79 Å². The van der Waals surface area contributed by atoms with Crippen molar-refractivity contribution in [2.75, 3.05) is 5.32 Å². The number of carbonyl (C=O) groups is 1. The molecule has 5 nitrogen and oxygen atoms in total. The normalized spacial score (nSPS) is 10.8. The first-order valence-electron chi connectivity index (χ1n) is 6.16. The minimum atomic E-state index is -0.170. The highest BCUT2D eigenvalue weighted by Crippen LogP contribution is 2.23. The number of carbonyl (C=O) groups excluding carboxylic acids is 1.